The summed E-state index contributed by atoms with van der Waals surface area (Å²) in [5, 5.41) is 11.0. The molecule has 1 aliphatic heterocycles. The lowest BCUT2D eigenvalue weighted by molar-refractivity contribution is 1.08. The van der Waals surface area contributed by atoms with Crippen LogP contribution < -0.4 is 5.32 Å². The van der Waals surface area contributed by atoms with Crippen molar-refractivity contribution in [3.8, 4) is 34.2 Å². The van der Waals surface area contributed by atoms with Crippen molar-refractivity contribution in [3.05, 3.63) is 151 Å². The first-order chi connectivity index (χ1) is 22.2. The highest BCUT2D eigenvalue weighted by Gasteiger charge is 2.25. The second-order valence-corrected chi connectivity index (χ2v) is 12.5. The van der Waals surface area contributed by atoms with Gasteiger partial charge in [-0.3, -0.25) is 0 Å². The quantitative estimate of drug-likeness (QED) is 0.220. The molecule has 0 aliphatic carbocycles. The smallest absolute Gasteiger partial charge is 0.164 e. The second-order valence-electron chi connectivity index (χ2n) is 11.4. The zero-order valence-electron chi connectivity index (χ0n) is 24.2. The molecule has 7 aromatic carbocycles. The molecular weight excluding hydrogens is 569 g/mol. The predicted octanol–water partition coefficient (Wildman–Crippen LogP) is 10.5. The number of thioether (sulfide) groups is 1. The molecule has 0 saturated carbocycles. The molecule has 5 heteroatoms. The summed E-state index contributed by atoms with van der Waals surface area (Å²) >= 11 is 1.86. The molecule has 0 fully saturated rings. The Bertz CT molecular complexity index is 2310. The summed E-state index contributed by atoms with van der Waals surface area (Å²) in [5.41, 5.74) is 5.31. The highest BCUT2D eigenvalue weighted by atomic mass is 32.2. The molecule has 4 nitrogen and oxygen atoms in total. The van der Waals surface area contributed by atoms with Gasteiger partial charge in [0.25, 0.3) is 0 Å². The molecule has 0 spiro atoms. The molecule has 1 N–H and O–H groups in total. The number of anilines is 1. The normalized spacial score (nSPS) is 14.1. The maximum Gasteiger partial charge on any atom is 0.164 e. The van der Waals surface area contributed by atoms with Crippen molar-refractivity contribution in [2.24, 2.45) is 0 Å². The van der Waals surface area contributed by atoms with E-state index in [4.69, 9.17) is 15.0 Å². The molecule has 45 heavy (non-hydrogen) atoms. The summed E-state index contributed by atoms with van der Waals surface area (Å²) in [6.45, 7) is 0. The molecular formula is C40H26N4S. The highest BCUT2D eigenvalue weighted by Crippen LogP contribution is 2.50. The van der Waals surface area contributed by atoms with Crippen LogP contribution in [0.25, 0.3) is 66.5 Å². The molecule has 1 unspecified atom stereocenters. The number of fused-ring (bicyclic) bond motifs is 5. The van der Waals surface area contributed by atoms with Gasteiger partial charge in [-0.15, -0.1) is 0 Å². The fourth-order valence-electron chi connectivity index (χ4n) is 6.16. The summed E-state index contributed by atoms with van der Waals surface area (Å²) in [6.07, 6.45) is 0. The molecule has 0 saturated heterocycles. The Morgan fingerprint density at radius 3 is 1.53 bits per heavy atom. The van der Waals surface area contributed by atoms with E-state index in [1.807, 2.05) is 11.8 Å². The van der Waals surface area contributed by atoms with Gasteiger partial charge in [0.1, 0.15) is 5.37 Å². The van der Waals surface area contributed by atoms with Crippen LogP contribution in [0, 0.1) is 0 Å². The van der Waals surface area contributed by atoms with Crippen molar-refractivity contribution in [3.63, 3.8) is 0 Å². The maximum atomic E-state index is 5.09. The van der Waals surface area contributed by atoms with Crippen molar-refractivity contribution >= 4 is 49.8 Å². The Kier molecular flexibility index (Phi) is 6.10. The van der Waals surface area contributed by atoms with Gasteiger partial charge in [-0.1, -0.05) is 133 Å². The van der Waals surface area contributed by atoms with E-state index < -0.39 is 0 Å². The summed E-state index contributed by atoms with van der Waals surface area (Å²) in [5.74, 6) is 1.98. The van der Waals surface area contributed by atoms with Crippen molar-refractivity contribution in [2.45, 2.75) is 10.3 Å². The summed E-state index contributed by atoms with van der Waals surface area (Å²) in [4.78, 5) is 16.5. The first-order valence-corrected chi connectivity index (χ1v) is 15.9. The number of nitrogens with one attached hydrogen (secondary N) is 1. The van der Waals surface area contributed by atoms with Crippen molar-refractivity contribution < 1.29 is 0 Å². The number of hydrogen-bond acceptors (Lipinski definition) is 5. The Morgan fingerprint density at radius 1 is 0.444 bits per heavy atom. The molecule has 212 valence electrons. The lowest BCUT2D eigenvalue weighted by atomic mass is 10.0. The van der Waals surface area contributed by atoms with E-state index in [1.165, 1.54) is 32.0 Å². The molecule has 0 amide bonds. The third-order valence-electron chi connectivity index (χ3n) is 8.51. The van der Waals surface area contributed by atoms with Crippen LogP contribution in [-0.4, -0.2) is 15.0 Å². The van der Waals surface area contributed by atoms with Crippen LogP contribution in [0.2, 0.25) is 0 Å². The van der Waals surface area contributed by atoms with Crippen LogP contribution >= 0.6 is 11.8 Å². The average Bonchev–Trinajstić information content (AvgIpc) is 3.56. The monoisotopic (exact) mass is 594 g/mol. The number of benzene rings is 7. The van der Waals surface area contributed by atoms with E-state index in [1.54, 1.807) is 0 Å². The van der Waals surface area contributed by atoms with Gasteiger partial charge in [-0.2, -0.15) is 0 Å². The van der Waals surface area contributed by atoms with Crippen LogP contribution in [-0.2, 0) is 0 Å². The molecule has 8 aromatic rings. The number of hydrogen-bond donors (Lipinski definition) is 1. The summed E-state index contributed by atoms with van der Waals surface area (Å²) in [7, 11) is 0. The van der Waals surface area contributed by atoms with E-state index in [0.29, 0.717) is 17.5 Å². The zero-order chi connectivity index (χ0) is 29.7. The molecule has 0 radical (unpaired) electrons. The fraction of sp³-hybridized carbons (Fsp3) is 0.0250. The Balaban J connectivity index is 1.20. The third-order valence-corrected chi connectivity index (χ3v) is 9.81. The van der Waals surface area contributed by atoms with Crippen LogP contribution in [0.5, 0.6) is 0 Å². The maximum absolute atomic E-state index is 5.09. The van der Waals surface area contributed by atoms with Crippen LogP contribution in [0.15, 0.2) is 150 Å². The summed E-state index contributed by atoms with van der Waals surface area (Å²) < 4.78 is 0. The molecule has 9 rings (SSSR count). The molecule has 1 aliphatic rings. The van der Waals surface area contributed by atoms with Gasteiger partial charge in [-0.25, -0.2) is 15.0 Å². The Morgan fingerprint density at radius 2 is 0.933 bits per heavy atom. The number of nitrogens with zero attached hydrogens (tertiary/aromatic N) is 3. The molecule has 0 bridgehead atoms. The van der Waals surface area contributed by atoms with E-state index in [9.17, 15) is 0 Å². The van der Waals surface area contributed by atoms with Crippen molar-refractivity contribution in [1.82, 2.24) is 15.0 Å². The van der Waals surface area contributed by atoms with E-state index in [2.05, 4.69) is 151 Å². The lowest BCUT2D eigenvalue weighted by Crippen LogP contribution is -2.00. The Hall–Kier alpha value is -5.52. The van der Waals surface area contributed by atoms with Crippen LogP contribution in [0.1, 0.15) is 10.9 Å². The van der Waals surface area contributed by atoms with E-state index in [-0.39, 0.29) is 5.37 Å². The third kappa shape index (κ3) is 4.69. The summed E-state index contributed by atoms with van der Waals surface area (Å²) in [6, 6.07) is 51.1. The van der Waals surface area contributed by atoms with Gasteiger partial charge in [0, 0.05) is 27.3 Å². The van der Waals surface area contributed by atoms with Gasteiger partial charge >= 0.3 is 0 Å². The number of rotatable bonds is 4. The SMILES string of the molecule is c1ccc(C2Nc3ccc4ccc(-c5nc(-c6ccc7ccccc7c6)nc(-c6ccc7ccccc7c6)n5)cc4c3S2)cc1. The van der Waals surface area contributed by atoms with Gasteiger partial charge in [0.2, 0.25) is 0 Å². The van der Waals surface area contributed by atoms with Gasteiger partial charge in [0.15, 0.2) is 17.5 Å². The minimum atomic E-state index is 0.173. The van der Waals surface area contributed by atoms with Gasteiger partial charge in [0.05, 0.1) is 0 Å². The largest absolute Gasteiger partial charge is 0.368 e. The predicted molar refractivity (Wildman–Crippen MR) is 187 cm³/mol. The second kappa shape index (κ2) is 10.6. The lowest BCUT2D eigenvalue weighted by Gasteiger charge is -2.11. The van der Waals surface area contributed by atoms with Crippen molar-refractivity contribution in [2.75, 3.05) is 5.32 Å². The minimum absolute atomic E-state index is 0.173. The molecule has 1 aromatic heterocycles. The van der Waals surface area contributed by atoms with E-state index >= 15 is 0 Å². The fourth-order valence-corrected chi connectivity index (χ4v) is 7.43. The minimum Gasteiger partial charge on any atom is -0.368 e. The first kappa shape index (κ1) is 25.9. The Labute approximate surface area is 264 Å². The topological polar surface area (TPSA) is 50.7 Å². The average molecular weight is 595 g/mol. The molecule has 2 heterocycles. The van der Waals surface area contributed by atoms with Crippen molar-refractivity contribution in [1.29, 1.82) is 0 Å². The standard InChI is InChI=1S/C40H26N4S/c1-2-10-28(11-3-1)40-41-35-21-20-27-16-19-33(24-34(27)36(35)45-40)39-43-37(31-17-14-25-8-4-6-12-29(25)22-31)42-38(44-39)32-18-15-26-9-5-7-13-30(26)23-32/h1-24,40-41H. The first-order valence-electron chi connectivity index (χ1n) is 15.0. The zero-order valence-corrected chi connectivity index (χ0v) is 25.0. The molecule has 1 atom stereocenters. The van der Waals surface area contributed by atoms with Crippen LogP contribution in [0.4, 0.5) is 5.69 Å². The van der Waals surface area contributed by atoms with Crippen LogP contribution in [0.3, 0.4) is 0 Å². The highest BCUT2D eigenvalue weighted by molar-refractivity contribution is 8.00. The van der Waals surface area contributed by atoms with Gasteiger partial charge < -0.3 is 5.32 Å². The van der Waals surface area contributed by atoms with Gasteiger partial charge in [-0.05, 0) is 62.1 Å². The number of aromatic nitrogens is 3. The van der Waals surface area contributed by atoms with E-state index in [0.717, 1.165) is 33.2 Å².